The largest absolute Gasteiger partial charge is 0.482 e. The molecule has 38 heavy (non-hydrogen) atoms. The van der Waals surface area contributed by atoms with Crippen LogP contribution in [0.25, 0.3) is 22.3 Å². The Morgan fingerprint density at radius 1 is 0.737 bits per heavy atom. The number of hydrogen-bond donors (Lipinski definition) is 0. The molecule has 0 amide bonds. The van der Waals surface area contributed by atoms with E-state index >= 15 is 0 Å². The number of hydrogen-bond acceptors (Lipinski definition) is 3. The minimum absolute atomic E-state index is 0.0196. The van der Waals surface area contributed by atoms with E-state index in [1.54, 1.807) is 0 Å². The maximum Gasteiger partial charge on any atom is 0.144 e. The summed E-state index contributed by atoms with van der Waals surface area (Å²) >= 11 is 0. The van der Waals surface area contributed by atoms with Crippen molar-refractivity contribution in [3.05, 3.63) is 115 Å². The summed E-state index contributed by atoms with van der Waals surface area (Å²) in [5.41, 5.74) is 7.86. The Hall–Kier alpha value is -3.89. The molecule has 3 atom stereocenters. The van der Waals surface area contributed by atoms with Gasteiger partial charge in [0.1, 0.15) is 11.9 Å². The summed E-state index contributed by atoms with van der Waals surface area (Å²) in [6, 6.07) is 29.7. The van der Waals surface area contributed by atoms with E-state index in [-0.39, 0.29) is 17.6 Å². The van der Waals surface area contributed by atoms with Crippen LogP contribution >= 0.6 is 0 Å². The van der Waals surface area contributed by atoms with Crippen molar-refractivity contribution in [2.45, 2.75) is 48.1 Å². The molecular weight excluding hydrogens is 486 g/mol. The third kappa shape index (κ3) is 3.58. The molecular formula is C34H29NO2S. The van der Waals surface area contributed by atoms with Crippen LogP contribution < -0.4 is 9.64 Å². The molecule has 2 heterocycles. The highest BCUT2D eigenvalue weighted by atomic mass is 32.2. The van der Waals surface area contributed by atoms with Crippen LogP contribution in [0, 0.1) is 0 Å². The van der Waals surface area contributed by atoms with Gasteiger partial charge in [0.2, 0.25) is 0 Å². The van der Waals surface area contributed by atoms with E-state index in [2.05, 4.69) is 111 Å². The molecule has 0 aromatic heterocycles. The third-order valence-corrected chi connectivity index (χ3v) is 9.24. The smallest absolute Gasteiger partial charge is 0.144 e. The second-order valence-electron chi connectivity index (χ2n) is 11.1. The van der Waals surface area contributed by atoms with E-state index in [0.717, 1.165) is 49.2 Å². The Labute approximate surface area is 226 Å². The van der Waals surface area contributed by atoms with E-state index in [1.165, 1.54) is 5.56 Å². The van der Waals surface area contributed by atoms with E-state index < -0.39 is 10.8 Å². The quantitative estimate of drug-likeness (QED) is 0.237. The normalized spacial score (nSPS) is 20.8. The van der Waals surface area contributed by atoms with Gasteiger partial charge in [-0.15, -0.1) is 0 Å². The maximum atomic E-state index is 13.4. The van der Waals surface area contributed by atoms with Crippen molar-refractivity contribution in [1.29, 1.82) is 0 Å². The number of nitrogens with zero attached hydrogens (tertiary/aromatic N) is 1. The van der Waals surface area contributed by atoms with Gasteiger partial charge < -0.3 is 9.64 Å². The average molecular weight is 516 g/mol. The zero-order valence-electron chi connectivity index (χ0n) is 21.7. The van der Waals surface area contributed by atoms with Gasteiger partial charge in [0.25, 0.3) is 0 Å². The molecule has 188 valence electrons. The van der Waals surface area contributed by atoms with E-state index in [1.807, 2.05) is 24.3 Å². The first-order chi connectivity index (χ1) is 18.4. The van der Waals surface area contributed by atoms with Crippen LogP contribution in [0.15, 0.2) is 119 Å². The Morgan fingerprint density at radius 3 is 2.24 bits per heavy atom. The molecule has 0 spiro atoms. The molecule has 0 radical (unpaired) electrons. The summed E-state index contributed by atoms with van der Waals surface area (Å²) in [5.74, 6) is 0.886. The van der Waals surface area contributed by atoms with Crippen LogP contribution in [0.5, 0.6) is 5.75 Å². The molecule has 0 saturated carbocycles. The first kappa shape index (κ1) is 23.2. The van der Waals surface area contributed by atoms with Gasteiger partial charge in [-0.1, -0.05) is 81.5 Å². The lowest BCUT2D eigenvalue weighted by Gasteiger charge is -2.43. The molecule has 4 aromatic rings. The van der Waals surface area contributed by atoms with Crippen molar-refractivity contribution < 1.29 is 8.95 Å². The van der Waals surface area contributed by atoms with Gasteiger partial charge in [-0.2, -0.15) is 0 Å². The summed E-state index contributed by atoms with van der Waals surface area (Å²) in [7, 11) is -1.16. The van der Waals surface area contributed by atoms with Crippen molar-refractivity contribution >= 4 is 22.2 Å². The SMILES string of the molecule is CC(C)(C)c1ccc2c(c1)-c1cc(-c3ccccc3N3c4ccccc4OC4C=CC=CC43)ccc1S2=O. The minimum atomic E-state index is -1.16. The molecule has 4 heteroatoms. The fourth-order valence-electron chi connectivity index (χ4n) is 5.76. The number of allylic oxidation sites excluding steroid dienone is 2. The van der Waals surface area contributed by atoms with Gasteiger partial charge in [0.15, 0.2) is 0 Å². The Morgan fingerprint density at radius 2 is 1.42 bits per heavy atom. The van der Waals surface area contributed by atoms with Crippen molar-refractivity contribution in [2.75, 3.05) is 4.90 Å². The monoisotopic (exact) mass is 515 g/mol. The Balaban J connectivity index is 1.39. The zero-order valence-corrected chi connectivity index (χ0v) is 22.5. The second-order valence-corrected chi connectivity index (χ2v) is 12.6. The van der Waals surface area contributed by atoms with Gasteiger partial charge in [-0.3, -0.25) is 0 Å². The summed E-state index contributed by atoms with van der Waals surface area (Å²) in [5, 5.41) is 0. The predicted octanol–water partition coefficient (Wildman–Crippen LogP) is 8.19. The molecule has 2 aliphatic heterocycles. The molecule has 0 N–H and O–H groups in total. The van der Waals surface area contributed by atoms with Gasteiger partial charge >= 0.3 is 0 Å². The number of benzene rings is 4. The number of ether oxygens (including phenoxy) is 1. The lowest BCUT2D eigenvalue weighted by atomic mass is 9.85. The van der Waals surface area contributed by atoms with Crippen LogP contribution in [0.4, 0.5) is 11.4 Å². The van der Waals surface area contributed by atoms with Gasteiger partial charge in [-0.05, 0) is 70.6 Å². The molecule has 1 aliphatic carbocycles. The lowest BCUT2D eigenvalue weighted by Crippen LogP contribution is -2.46. The highest BCUT2D eigenvalue weighted by Crippen LogP contribution is 2.48. The Kier molecular flexibility index (Phi) is 5.24. The Bertz CT molecular complexity index is 1680. The third-order valence-electron chi connectivity index (χ3n) is 7.73. The van der Waals surface area contributed by atoms with Gasteiger partial charge in [0.05, 0.1) is 32.3 Å². The standard InChI is InChI=1S/C34H29NO2S/c1-34(2,3)23-17-19-33-26(21-23)25-20-22(16-18-32(25)38(33)36)24-10-4-5-11-27(24)35-28-12-6-8-14-30(28)37-31-15-9-7-13-29(31)35/h4-21,28,30H,1-3H3. The molecule has 0 fully saturated rings. The number of para-hydroxylation sites is 3. The van der Waals surface area contributed by atoms with Crippen molar-refractivity contribution in [3.8, 4) is 28.0 Å². The van der Waals surface area contributed by atoms with E-state index in [0.29, 0.717) is 0 Å². The summed E-state index contributed by atoms with van der Waals surface area (Å²) in [4.78, 5) is 4.20. The summed E-state index contributed by atoms with van der Waals surface area (Å²) < 4.78 is 19.8. The first-order valence-electron chi connectivity index (χ1n) is 13.1. The first-order valence-corrected chi connectivity index (χ1v) is 14.3. The zero-order chi connectivity index (χ0) is 26.0. The molecule has 3 nitrogen and oxygen atoms in total. The van der Waals surface area contributed by atoms with Crippen LogP contribution in [0.2, 0.25) is 0 Å². The topological polar surface area (TPSA) is 29.5 Å². The highest BCUT2D eigenvalue weighted by molar-refractivity contribution is 7.85. The number of rotatable bonds is 2. The molecule has 0 bridgehead atoms. The highest BCUT2D eigenvalue weighted by Gasteiger charge is 2.36. The fraction of sp³-hybridized carbons (Fsp3) is 0.176. The van der Waals surface area contributed by atoms with Crippen molar-refractivity contribution in [3.63, 3.8) is 0 Å². The molecule has 4 aromatic carbocycles. The summed E-state index contributed by atoms with van der Waals surface area (Å²) in [6.45, 7) is 6.66. The fourth-order valence-corrected chi connectivity index (χ4v) is 7.11. The average Bonchev–Trinajstić information content (AvgIpc) is 3.22. The van der Waals surface area contributed by atoms with Gasteiger partial charge in [-0.25, -0.2) is 4.21 Å². The molecule has 7 rings (SSSR count). The van der Waals surface area contributed by atoms with Crippen LogP contribution in [-0.2, 0) is 16.2 Å². The predicted molar refractivity (Wildman–Crippen MR) is 156 cm³/mol. The molecule has 3 aliphatic rings. The van der Waals surface area contributed by atoms with Crippen LogP contribution in [0.3, 0.4) is 0 Å². The van der Waals surface area contributed by atoms with E-state index in [4.69, 9.17) is 4.74 Å². The molecule has 3 unspecified atom stereocenters. The minimum Gasteiger partial charge on any atom is -0.482 e. The lowest BCUT2D eigenvalue weighted by molar-refractivity contribution is 0.218. The van der Waals surface area contributed by atoms with Crippen molar-refractivity contribution in [2.24, 2.45) is 0 Å². The number of anilines is 2. The second kappa shape index (κ2) is 8.57. The van der Waals surface area contributed by atoms with Crippen LogP contribution in [-0.4, -0.2) is 16.4 Å². The number of fused-ring (bicyclic) bond motifs is 5. The van der Waals surface area contributed by atoms with Gasteiger partial charge in [0, 0.05) is 16.8 Å². The van der Waals surface area contributed by atoms with Crippen LogP contribution in [0.1, 0.15) is 26.3 Å². The maximum absolute atomic E-state index is 13.4. The molecule has 0 saturated heterocycles. The van der Waals surface area contributed by atoms with E-state index in [9.17, 15) is 4.21 Å². The summed E-state index contributed by atoms with van der Waals surface area (Å²) in [6.07, 6.45) is 8.44. The van der Waals surface area contributed by atoms with Crippen molar-refractivity contribution in [1.82, 2.24) is 0 Å².